The van der Waals surface area contributed by atoms with Gasteiger partial charge in [-0.15, -0.1) is 0 Å². The predicted octanol–water partition coefficient (Wildman–Crippen LogP) is 1.42. The second-order valence-electron chi connectivity index (χ2n) is 4.46. The molecule has 0 amide bonds. The number of hydrogen-bond acceptors (Lipinski definition) is 4. The van der Waals surface area contributed by atoms with E-state index in [0.29, 0.717) is 11.6 Å². The molecule has 17 heavy (non-hydrogen) atoms. The van der Waals surface area contributed by atoms with Gasteiger partial charge in [0.1, 0.15) is 5.82 Å². The summed E-state index contributed by atoms with van der Waals surface area (Å²) in [6.45, 7) is 8.40. The molecule has 1 fully saturated rings. The fourth-order valence-corrected chi connectivity index (χ4v) is 2.42. The molecule has 1 aromatic heterocycles. The van der Waals surface area contributed by atoms with Gasteiger partial charge in [-0.3, -0.25) is 9.69 Å². The van der Waals surface area contributed by atoms with Crippen LogP contribution in [0.1, 0.15) is 24.2 Å². The molecule has 0 saturated carbocycles. The molecule has 1 saturated heterocycles. The number of carbonyl (C=O) groups excluding carboxylic acids is 1. The zero-order valence-electron chi connectivity index (χ0n) is 10.5. The number of piperazine rings is 1. The van der Waals surface area contributed by atoms with Gasteiger partial charge in [-0.1, -0.05) is 6.92 Å². The Kier molecular flexibility index (Phi) is 3.74. The van der Waals surface area contributed by atoms with Crippen LogP contribution in [0.5, 0.6) is 0 Å². The van der Waals surface area contributed by atoms with Crippen LogP contribution in [0.4, 0.5) is 5.82 Å². The van der Waals surface area contributed by atoms with E-state index in [2.05, 4.69) is 28.6 Å². The normalized spacial score (nSPS) is 21.5. The first-order chi connectivity index (χ1) is 8.26. The van der Waals surface area contributed by atoms with Gasteiger partial charge in [-0.05, 0) is 25.6 Å². The van der Waals surface area contributed by atoms with E-state index in [4.69, 9.17) is 0 Å². The lowest BCUT2D eigenvalue weighted by Gasteiger charge is -2.40. The summed E-state index contributed by atoms with van der Waals surface area (Å²) in [7, 11) is 0. The Morgan fingerprint density at radius 2 is 2.35 bits per heavy atom. The molecule has 2 rings (SSSR count). The molecule has 4 heteroatoms. The summed E-state index contributed by atoms with van der Waals surface area (Å²) >= 11 is 0. The van der Waals surface area contributed by atoms with Crippen molar-refractivity contribution in [2.45, 2.75) is 19.9 Å². The largest absolute Gasteiger partial charge is 0.353 e. The van der Waals surface area contributed by atoms with Gasteiger partial charge in [0, 0.05) is 31.9 Å². The van der Waals surface area contributed by atoms with E-state index >= 15 is 0 Å². The molecule has 4 nitrogen and oxygen atoms in total. The number of hydrogen-bond donors (Lipinski definition) is 0. The molecule has 0 aliphatic carbocycles. The third-order valence-electron chi connectivity index (χ3n) is 3.41. The minimum atomic E-state index is 0.509. The van der Waals surface area contributed by atoms with E-state index in [0.717, 1.165) is 38.3 Å². The van der Waals surface area contributed by atoms with Crippen molar-refractivity contribution in [1.82, 2.24) is 9.88 Å². The highest BCUT2D eigenvalue weighted by Crippen LogP contribution is 2.19. The number of aromatic nitrogens is 1. The summed E-state index contributed by atoms with van der Waals surface area (Å²) in [5, 5.41) is 0. The van der Waals surface area contributed by atoms with Crippen molar-refractivity contribution in [2.75, 3.05) is 31.1 Å². The van der Waals surface area contributed by atoms with E-state index in [-0.39, 0.29) is 0 Å². The van der Waals surface area contributed by atoms with Crippen LogP contribution in [0.2, 0.25) is 0 Å². The number of carbonyl (C=O) groups is 1. The molecule has 0 N–H and O–H groups in total. The average Bonchev–Trinajstić information content (AvgIpc) is 2.38. The second-order valence-corrected chi connectivity index (χ2v) is 4.46. The van der Waals surface area contributed by atoms with Crippen molar-refractivity contribution in [1.29, 1.82) is 0 Å². The molecule has 92 valence electrons. The average molecular weight is 233 g/mol. The molecule has 1 unspecified atom stereocenters. The first kappa shape index (κ1) is 12.0. The first-order valence-corrected chi connectivity index (χ1v) is 6.15. The topological polar surface area (TPSA) is 36.4 Å². The predicted molar refractivity (Wildman–Crippen MR) is 68.5 cm³/mol. The standard InChI is InChI=1S/C13H19N3O/c1-3-15-7-8-16(9-11(15)2)13-12(10-17)5-4-6-14-13/h4-6,10-11H,3,7-9H2,1-2H3. The number of nitrogens with zero attached hydrogens (tertiary/aromatic N) is 3. The van der Waals surface area contributed by atoms with Gasteiger partial charge in [0.25, 0.3) is 0 Å². The maximum atomic E-state index is 11.0. The van der Waals surface area contributed by atoms with Crippen LogP contribution in [0.15, 0.2) is 18.3 Å². The van der Waals surface area contributed by atoms with E-state index in [1.54, 1.807) is 12.3 Å². The second kappa shape index (κ2) is 5.27. The maximum absolute atomic E-state index is 11.0. The molecular formula is C13H19N3O. The smallest absolute Gasteiger partial charge is 0.153 e. The fraction of sp³-hybridized carbons (Fsp3) is 0.538. The summed E-state index contributed by atoms with van der Waals surface area (Å²) in [5.74, 6) is 0.824. The van der Waals surface area contributed by atoms with Gasteiger partial charge < -0.3 is 4.90 Å². The Morgan fingerprint density at radius 3 is 3.00 bits per heavy atom. The summed E-state index contributed by atoms with van der Waals surface area (Å²) in [6, 6.07) is 4.14. The minimum Gasteiger partial charge on any atom is -0.353 e. The minimum absolute atomic E-state index is 0.509. The monoisotopic (exact) mass is 233 g/mol. The summed E-state index contributed by atoms with van der Waals surface area (Å²) < 4.78 is 0. The molecule has 0 bridgehead atoms. The van der Waals surface area contributed by atoms with Gasteiger partial charge >= 0.3 is 0 Å². The van der Waals surface area contributed by atoms with Crippen LogP contribution < -0.4 is 4.90 Å². The number of likely N-dealkylation sites (N-methyl/N-ethyl adjacent to an activating group) is 1. The molecule has 1 aromatic rings. The molecule has 1 atom stereocenters. The zero-order valence-corrected chi connectivity index (χ0v) is 10.5. The number of rotatable bonds is 3. The summed E-state index contributed by atoms with van der Waals surface area (Å²) in [5.41, 5.74) is 0.685. The van der Waals surface area contributed by atoms with Crippen molar-refractivity contribution in [3.8, 4) is 0 Å². The molecule has 1 aliphatic rings. The lowest BCUT2D eigenvalue weighted by molar-refractivity contribution is 0.112. The highest BCUT2D eigenvalue weighted by Gasteiger charge is 2.24. The Labute approximate surface area is 102 Å². The van der Waals surface area contributed by atoms with Gasteiger partial charge in [0.2, 0.25) is 0 Å². The number of pyridine rings is 1. The van der Waals surface area contributed by atoms with Crippen LogP contribution in [-0.2, 0) is 0 Å². The quantitative estimate of drug-likeness (QED) is 0.740. The van der Waals surface area contributed by atoms with Crippen molar-refractivity contribution in [3.63, 3.8) is 0 Å². The third kappa shape index (κ3) is 2.47. The van der Waals surface area contributed by atoms with Crippen LogP contribution >= 0.6 is 0 Å². The van der Waals surface area contributed by atoms with Gasteiger partial charge in [-0.25, -0.2) is 4.98 Å². The molecule has 0 spiro atoms. The lowest BCUT2D eigenvalue weighted by Crippen LogP contribution is -2.52. The van der Waals surface area contributed by atoms with Crippen LogP contribution in [0, 0.1) is 0 Å². The zero-order chi connectivity index (χ0) is 12.3. The SMILES string of the molecule is CCN1CCN(c2ncccc2C=O)CC1C. The summed E-state index contributed by atoms with van der Waals surface area (Å²) in [4.78, 5) is 20.0. The van der Waals surface area contributed by atoms with Crippen molar-refractivity contribution in [3.05, 3.63) is 23.9 Å². The van der Waals surface area contributed by atoms with E-state index in [1.165, 1.54) is 0 Å². The number of anilines is 1. The highest BCUT2D eigenvalue weighted by molar-refractivity contribution is 5.82. The van der Waals surface area contributed by atoms with Crippen LogP contribution in [-0.4, -0.2) is 48.4 Å². The Morgan fingerprint density at radius 1 is 1.53 bits per heavy atom. The third-order valence-corrected chi connectivity index (χ3v) is 3.41. The van der Waals surface area contributed by atoms with Crippen LogP contribution in [0.25, 0.3) is 0 Å². The molecular weight excluding hydrogens is 214 g/mol. The lowest BCUT2D eigenvalue weighted by atomic mass is 10.1. The first-order valence-electron chi connectivity index (χ1n) is 6.15. The maximum Gasteiger partial charge on any atom is 0.153 e. The molecule has 1 aliphatic heterocycles. The summed E-state index contributed by atoms with van der Waals surface area (Å²) in [6.07, 6.45) is 2.64. The fourth-order valence-electron chi connectivity index (χ4n) is 2.42. The number of aldehydes is 1. The van der Waals surface area contributed by atoms with E-state index in [9.17, 15) is 4.79 Å². The Hall–Kier alpha value is -1.42. The van der Waals surface area contributed by atoms with Crippen molar-refractivity contribution < 1.29 is 4.79 Å². The Bertz CT molecular complexity index is 394. The molecule has 2 heterocycles. The van der Waals surface area contributed by atoms with Crippen molar-refractivity contribution >= 4 is 12.1 Å². The molecule has 0 radical (unpaired) electrons. The van der Waals surface area contributed by atoms with E-state index in [1.807, 2.05) is 6.07 Å². The van der Waals surface area contributed by atoms with E-state index < -0.39 is 0 Å². The highest BCUT2D eigenvalue weighted by atomic mass is 16.1. The van der Waals surface area contributed by atoms with Crippen LogP contribution in [0.3, 0.4) is 0 Å². The Balaban J connectivity index is 2.16. The van der Waals surface area contributed by atoms with Gasteiger partial charge in [-0.2, -0.15) is 0 Å². The van der Waals surface area contributed by atoms with Crippen molar-refractivity contribution in [2.24, 2.45) is 0 Å². The van der Waals surface area contributed by atoms with Gasteiger partial charge in [0.05, 0.1) is 5.56 Å². The molecule has 0 aromatic carbocycles. The van der Waals surface area contributed by atoms with Gasteiger partial charge in [0.15, 0.2) is 6.29 Å².